The molecule has 1 saturated heterocycles. The molecule has 1 amide bonds. The molecule has 0 spiro atoms. The highest BCUT2D eigenvalue weighted by Crippen LogP contribution is 2.16. The Morgan fingerprint density at radius 1 is 1.71 bits per heavy atom. The summed E-state index contributed by atoms with van der Waals surface area (Å²) in [6.07, 6.45) is 6.66. The van der Waals surface area contributed by atoms with E-state index >= 15 is 0 Å². The quantitative estimate of drug-likeness (QED) is 0.863. The Morgan fingerprint density at radius 2 is 2.59 bits per heavy atom. The fourth-order valence-electron chi connectivity index (χ4n) is 2.09. The summed E-state index contributed by atoms with van der Waals surface area (Å²) in [6, 6.07) is 3.66. The molecule has 4 nitrogen and oxygen atoms in total. The summed E-state index contributed by atoms with van der Waals surface area (Å²) in [4.78, 5) is 15.8. The summed E-state index contributed by atoms with van der Waals surface area (Å²) < 4.78 is 5.55. The SMILES string of the molecule is CC(CC1CCCO1)NC(=O)c1cccnc1. The van der Waals surface area contributed by atoms with Crippen LogP contribution in [-0.2, 0) is 4.74 Å². The van der Waals surface area contributed by atoms with Gasteiger partial charge in [0.15, 0.2) is 0 Å². The van der Waals surface area contributed by atoms with Crippen LogP contribution in [0.4, 0.5) is 0 Å². The predicted molar refractivity (Wildman–Crippen MR) is 64.8 cm³/mol. The maximum absolute atomic E-state index is 11.8. The number of amides is 1. The zero-order valence-corrected chi connectivity index (χ0v) is 10.1. The molecular formula is C13H18N2O2. The van der Waals surface area contributed by atoms with Crippen LogP contribution in [0.2, 0.25) is 0 Å². The number of pyridine rings is 1. The first-order valence-corrected chi connectivity index (χ1v) is 6.08. The van der Waals surface area contributed by atoms with Gasteiger partial charge in [0.1, 0.15) is 0 Å². The molecule has 1 N–H and O–H groups in total. The lowest BCUT2D eigenvalue weighted by atomic mass is 10.1. The van der Waals surface area contributed by atoms with Crippen molar-refractivity contribution in [2.75, 3.05) is 6.61 Å². The average Bonchev–Trinajstić information content (AvgIpc) is 2.82. The Kier molecular flexibility index (Phi) is 4.09. The first kappa shape index (κ1) is 12.0. The lowest BCUT2D eigenvalue weighted by Gasteiger charge is -2.17. The van der Waals surface area contributed by atoms with E-state index in [1.807, 2.05) is 6.92 Å². The van der Waals surface area contributed by atoms with Gasteiger partial charge in [0, 0.05) is 25.0 Å². The summed E-state index contributed by atoms with van der Waals surface area (Å²) >= 11 is 0. The van der Waals surface area contributed by atoms with E-state index in [2.05, 4.69) is 10.3 Å². The van der Waals surface area contributed by atoms with Crippen molar-refractivity contribution in [2.45, 2.75) is 38.3 Å². The van der Waals surface area contributed by atoms with Gasteiger partial charge in [-0.2, -0.15) is 0 Å². The van der Waals surface area contributed by atoms with Gasteiger partial charge in [-0.15, -0.1) is 0 Å². The molecule has 1 aromatic heterocycles. The van der Waals surface area contributed by atoms with Gasteiger partial charge in [-0.25, -0.2) is 0 Å². The molecule has 0 aromatic carbocycles. The Bertz CT molecular complexity index is 361. The van der Waals surface area contributed by atoms with Gasteiger partial charge >= 0.3 is 0 Å². The van der Waals surface area contributed by atoms with Crippen molar-refractivity contribution in [1.29, 1.82) is 0 Å². The molecule has 4 heteroatoms. The van der Waals surface area contributed by atoms with Crippen LogP contribution in [0.15, 0.2) is 24.5 Å². The van der Waals surface area contributed by atoms with Crippen LogP contribution in [0.5, 0.6) is 0 Å². The van der Waals surface area contributed by atoms with Crippen LogP contribution < -0.4 is 5.32 Å². The second-order valence-corrected chi connectivity index (χ2v) is 4.49. The second kappa shape index (κ2) is 5.77. The van der Waals surface area contributed by atoms with Crippen LogP contribution in [-0.4, -0.2) is 29.6 Å². The molecule has 1 aliphatic heterocycles. The Morgan fingerprint density at radius 3 is 3.24 bits per heavy atom. The van der Waals surface area contributed by atoms with Crippen LogP contribution >= 0.6 is 0 Å². The molecule has 2 rings (SSSR count). The van der Waals surface area contributed by atoms with Crippen LogP contribution in [0, 0.1) is 0 Å². The first-order valence-electron chi connectivity index (χ1n) is 6.08. The van der Waals surface area contributed by atoms with Gasteiger partial charge in [-0.05, 0) is 38.3 Å². The van der Waals surface area contributed by atoms with E-state index in [9.17, 15) is 4.79 Å². The number of nitrogens with zero attached hydrogens (tertiary/aromatic N) is 1. The molecule has 2 unspecified atom stereocenters. The van der Waals surface area contributed by atoms with Gasteiger partial charge in [0.05, 0.1) is 11.7 Å². The molecule has 0 aliphatic carbocycles. The Hall–Kier alpha value is -1.42. The summed E-state index contributed by atoms with van der Waals surface area (Å²) in [5.41, 5.74) is 0.603. The fraction of sp³-hybridized carbons (Fsp3) is 0.538. The highest BCUT2D eigenvalue weighted by Gasteiger charge is 2.19. The monoisotopic (exact) mass is 234 g/mol. The predicted octanol–water partition coefficient (Wildman–Crippen LogP) is 1.77. The number of carbonyl (C=O) groups is 1. The van der Waals surface area contributed by atoms with E-state index in [-0.39, 0.29) is 11.9 Å². The molecule has 92 valence electrons. The molecular weight excluding hydrogens is 216 g/mol. The lowest BCUT2D eigenvalue weighted by molar-refractivity contribution is 0.0849. The van der Waals surface area contributed by atoms with Gasteiger partial charge in [-0.1, -0.05) is 0 Å². The average molecular weight is 234 g/mol. The highest BCUT2D eigenvalue weighted by atomic mass is 16.5. The van der Waals surface area contributed by atoms with E-state index in [0.29, 0.717) is 11.7 Å². The number of hydrogen-bond acceptors (Lipinski definition) is 3. The van der Waals surface area contributed by atoms with Crippen molar-refractivity contribution in [3.05, 3.63) is 30.1 Å². The molecule has 0 radical (unpaired) electrons. The Balaban J connectivity index is 1.81. The minimum atomic E-state index is -0.0661. The summed E-state index contributed by atoms with van der Waals surface area (Å²) in [5.74, 6) is -0.0661. The van der Waals surface area contributed by atoms with E-state index in [4.69, 9.17) is 4.74 Å². The Labute approximate surface area is 101 Å². The van der Waals surface area contributed by atoms with Crippen molar-refractivity contribution in [3.63, 3.8) is 0 Å². The van der Waals surface area contributed by atoms with Crippen LogP contribution in [0.3, 0.4) is 0 Å². The largest absolute Gasteiger partial charge is 0.378 e. The van der Waals surface area contributed by atoms with Crippen molar-refractivity contribution in [1.82, 2.24) is 10.3 Å². The standard InChI is InChI=1S/C13H18N2O2/c1-10(8-12-5-3-7-17-12)15-13(16)11-4-2-6-14-9-11/h2,4,6,9-10,12H,3,5,7-8H2,1H3,(H,15,16). The molecule has 17 heavy (non-hydrogen) atoms. The van der Waals surface area contributed by atoms with E-state index in [1.54, 1.807) is 24.5 Å². The lowest BCUT2D eigenvalue weighted by Crippen LogP contribution is -2.35. The summed E-state index contributed by atoms with van der Waals surface area (Å²) in [5, 5.41) is 2.96. The summed E-state index contributed by atoms with van der Waals surface area (Å²) in [6.45, 7) is 2.86. The van der Waals surface area contributed by atoms with E-state index in [1.165, 1.54) is 0 Å². The first-order chi connectivity index (χ1) is 8.25. The molecule has 2 atom stereocenters. The fourth-order valence-corrected chi connectivity index (χ4v) is 2.09. The number of ether oxygens (including phenoxy) is 1. The zero-order chi connectivity index (χ0) is 12.1. The van der Waals surface area contributed by atoms with Gasteiger partial charge < -0.3 is 10.1 Å². The smallest absolute Gasteiger partial charge is 0.253 e. The maximum Gasteiger partial charge on any atom is 0.253 e. The topological polar surface area (TPSA) is 51.2 Å². The molecule has 0 saturated carbocycles. The maximum atomic E-state index is 11.8. The third-order valence-corrected chi connectivity index (χ3v) is 2.94. The van der Waals surface area contributed by atoms with Crippen LogP contribution in [0.25, 0.3) is 0 Å². The normalized spacial score (nSPS) is 21.1. The van der Waals surface area contributed by atoms with Crippen molar-refractivity contribution in [3.8, 4) is 0 Å². The number of hydrogen-bond donors (Lipinski definition) is 1. The van der Waals surface area contributed by atoms with Crippen LogP contribution in [0.1, 0.15) is 36.5 Å². The minimum Gasteiger partial charge on any atom is -0.378 e. The van der Waals surface area contributed by atoms with Crippen molar-refractivity contribution in [2.24, 2.45) is 0 Å². The number of aromatic nitrogens is 1. The number of rotatable bonds is 4. The molecule has 0 bridgehead atoms. The third kappa shape index (κ3) is 3.53. The number of carbonyl (C=O) groups excluding carboxylic acids is 1. The second-order valence-electron chi connectivity index (χ2n) is 4.49. The molecule has 2 heterocycles. The van der Waals surface area contributed by atoms with E-state index in [0.717, 1.165) is 25.9 Å². The third-order valence-electron chi connectivity index (χ3n) is 2.94. The van der Waals surface area contributed by atoms with Crippen molar-refractivity contribution >= 4 is 5.91 Å². The molecule has 1 aliphatic rings. The van der Waals surface area contributed by atoms with E-state index < -0.39 is 0 Å². The molecule has 1 aromatic rings. The number of nitrogens with one attached hydrogen (secondary N) is 1. The zero-order valence-electron chi connectivity index (χ0n) is 10.1. The van der Waals surface area contributed by atoms with Gasteiger partial charge in [-0.3, -0.25) is 9.78 Å². The minimum absolute atomic E-state index is 0.0661. The highest BCUT2D eigenvalue weighted by molar-refractivity contribution is 5.93. The molecule has 1 fully saturated rings. The van der Waals surface area contributed by atoms with Gasteiger partial charge in [0.2, 0.25) is 0 Å². The summed E-state index contributed by atoms with van der Waals surface area (Å²) in [7, 11) is 0. The van der Waals surface area contributed by atoms with Gasteiger partial charge in [0.25, 0.3) is 5.91 Å². The van der Waals surface area contributed by atoms with Crippen molar-refractivity contribution < 1.29 is 9.53 Å².